The van der Waals surface area contributed by atoms with E-state index >= 15 is 0 Å². The maximum atomic E-state index is 13.4. The van der Waals surface area contributed by atoms with Crippen molar-refractivity contribution in [3.63, 3.8) is 0 Å². The van der Waals surface area contributed by atoms with Gasteiger partial charge in [-0.1, -0.05) is 0 Å². The number of hydrogen-bond acceptors (Lipinski definition) is 2. The topological polar surface area (TPSA) is 48.0 Å². The zero-order chi connectivity index (χ0) is 13.3. The Balaban J connectivity index is 2.43. The Bertz CT molecular complexity index is 607. The van der Waals surface area contributed by atoms with Gasteiger partial charge in [0, 0.05) is 18.9 Å². The average molecular weight is 254 g/mol. The molecule has 2 N–H and O–H groups in total. The van der Waals surface area contributed by atoms with Gasteiger partial charge in [0.15, 0.2) is 17.5 Å². The molecule has 0 aliphatic heterocycles. The van der Waals surface area contributed by atoms with Crippen molar-refractivity contribution in [3.05, 3.63) is 59.2 Å². The summed E-state index contributed by atoms with van der Waals surface area (Å²) in [7, 11) is 0. The monoisotopic (exact) mass is 254 g/mol. The van der Waals surface area contributed by atoms with Crippen molar-refractivity contribution in [1.82, 2.24) is 4.57 Å². The number of nitrogens with two attached hydrogens (primary N) is 1. The van der Waals surface area contributed by atoms with Crippen molar-refractivity contribution in [1.29, 1.82) is 0 Å². The maximum Gasteiger partial charge on any atom is 0.264 e. The van der Waals surface area contributed by atoms with Crippen LogP contribution in [-0.4, -0.2) is 10.5 Å². The SMILES string of the molecule is NCc1ccn(C(=O)c2ccc(F)c(F)c2F)c1. The Morgan fingerprint density at radius 2 is 1.89 bits per heavy atom. The Morgan fingerprint density at radius 3 is 2.50 bits per heavy atom. The first-order valence-electron chi connectivity index (χ1n) is 5.09. The Labute approximate surface area is 101 Å². The van der Waals surface area contributed by atoms with Crippen molar-refractivity contribution in [2.24, 2.45) is 5.73 Å². The van der Waals surface area contributed by atoms with Gasteiger partial charge in [-0.05, 0) is 23.8 Å². The lowest BCUT2D eigenvalue weighted by atomic mass is 10.2. The van der Waals surface area contributed by atoms with E-state index in [0.717, 1.165) is 10.6 Å². The van der Waals surface area contributed by atoms with E-state index in [0.29, 0.717) is 11.6 Å². The van der Waals surface area contributed by atoms with Gasteiger partial charge in [-0.25, -0.2) is 13.2 Å². The van der Waals surface area contributed by atoms with Gasteiger partial charge in [0.2, 0.25) is 0 Å². The molecule has 0 radical (unpaired) electrons. The summed E-state index contributed by atoms with van der Waals surface area (Å²) < 4.78 is 40.2. The summed E-state index contributed by atoms with van der Waals surface area (Å²) in [6.07, 6.45) is 2.79. The fourth-order valence-corrected chi connectivity index (χ4v) is 1.52. The molecule has 2 rings (SSSR count). The van der Waals surface area contributed by atoms with Crippen LogP contribution in [-0.2, 0) is 6.54 Å². The van der Waals surface area contributed by atoms with E-state index in [-0.39, 0.29) is 6.54 Å². The minimum Gasteiger partial charge on any atom is -0.326 e. The number of nitrogens with zero attached hydrogens (tertiary/aromatic N) is 1. The van der Waals surface area contributed by atoms with E-state index in [2.05, 4.69) is 0 Å². The summed E-state index contributed by atoms with van der Waals surface area (Å²) in [4.78, 5) is 11.9. The fourth-order valence-electron chi connectivity index (χ4n) is 1.52. The molecule has 18 heavy (non-hydrogen) atoms. The number of carbonyl (C=O) groups is 1. The molecule has 6 heteroatoms. The number of aromatic nitrogens is 1. The Morgan fingerprint density at radius 1 is 1.17 bits per heavy atom. The van der Waals surface area contributed by atoms with Crippen LogP contribution >= 0.6 is 0 Å². The second kappa shape index (κ2) is 4.66. The number of benzene rings is 1. The predicted molar refractivity (Wildman–Crippen MR) is 58.4 cm³/mol. The van der Waals surface area contributed by atoms with E-state index in [1.807, 2.05) is 0 Å². The van der Waals surface area contributed by atoms with Crippen LogP contribution in [0.3, 0.4) is 0 Å². The van der Waals surface area contributed by atoms with Gasteiger partial charge < -0.3 is 5.73 Å². The summed E-state index contributed by atoms with van der Waals surface area (Å²) in [5.74, 6) is -5.28. The van der Waals surface area contributed by atoms with Crippen molar-refractivity contribution in [2.45, 2.75) is 6.54 Å². The lowest BCUT2D eigenvalue weighted by Crippen LogP contribution is -2.13. The molecule has 0 aliphatic rings. The largest absolute Gasteiger partial charge is 0.326 e. The highest BCUT2D eigenvalue weighted by Gasteiger charge is 2.19. The predicted octanol–water partition coefficient (Wildman–Crippen LogP) is 2.05. The van der Waals surface area contributed by atoms with Gasteiger partial charge in [0.05, 0.1) is 5.56 Å². The summed E-state index contributed by atoms with van der Waals surface area (Å²) in [5, 5.41) is 0. The highest BCUT2D eigenvalue weighted by atomic mass is 19.2. The first-order valence-corrected chi connectivity index (χ1v) is 5.09. The lowest BCUT2D eigenvalue weighted by molar-refractivity contribution is 0.0955. The maximum absolute atomic E-state index is 13.4. The molecular weight excluding hydrogens is 245 g/mol. The van der Waals surface area contributed by atoms with Crippen molar-refractivity contribution in [2.75, 3.05) is 0 Å². The molecule has 0 fully saturated rings. The van der Waals surface area contributed by atoms with E-state index < -0.39 is 28.9 Å². The minimum atomic E-state index is -1.66. The standard InChI is InChI=1S/C12H9F3N2O/c13-9-2-1-8(10(14)11(9)15)12(18)17-4-3-7(5-16)6-17/h1-4,6H,5,16H2. The molecule has 2 aromatic rings. The van der Waals surface area contributed by atoms with Gasteiger partial charge in [0.25, 0.3) is 5.91 Å². The Kier molecular flexibility index (Phi) is 3.20. The molecule has 94 valence electrons. The first-order chi connectivity index (χ1) is 8.54. The molecule has 0 saturated carbocycles. The molecule has 0 amide bonds. The Hall–Kier alpha value is -2.08. The lowest BCUT2D eigenvalue weighted by Gasteiger charge is -2.04. The highest BCUT2D eigenvalue weighted by molar-refractivity contribution is 5.96. The van der Waals surface area contributed by atoms with E-state index in [4.69, 9.17) is 5.73 Å². The van der Waals surface area contributed by atoms with Gasteiger partial charge in [0.1, 0.15) is 0 Å². The van der Waals surface area contributed by atoms with E-state index in [1.165, 1.54) is 12.4 Å². The molecule has 1 aromatic carbocycles. The van der Waals surface area contributed by atoms with Crippen LogP contribution in [0.15, 0.2) is 30.6 Å². The van der Waals surface area contributed by atoms with Crippen LogP contribution in [0.5, 0.6) is 0 Å². The fraction of sp³-hybridized carbons (Fsp3) is 0.0833. The third-order valence-electron chi connectivity index (χ3n) is 2.49. The quantitative estimate of drug-likeness (QED) is 0.834. The van der Waals surface area contributed by atoms with Crippen molar-refractivity contribution < 1.29 is 18.0 Å². The van der Waals surface area contributed by atoms with E-state index in [9.17, 15) is 18.0 Å². The van der Waals surface area contributed by atoms with Crippen LogP contribution in [0, 0.1) is 17.5 Å². The molecule has 0 saturated heterocycles. The second-order valence-corrected chi connectivity index (χ2v) is 3.66. The van der Waals surface area contributed by atoms with Crippen LogP contribution in [0.25, 0.3) is 0 Å². The number of halogens is 3. The number of hydrogen-bond donors (Lipinski definition) is 1. The van der Waals surface area contributed by atoms with E-state index in [1.54, 1.807) is 6.07 Å². The van der Waals surface area contributed by atoms with Crippen molar-refractivity contribution in [3.8, 4) is 0 Å². The normalized spacial score (nSPS) is 10.7. The first kappa shape index (κ1) is 12.4. The third kappa shape index (κ3) is 2.02. The van der Waals surface area contributed by atoms with Crippen LogP contribution < -0.4 is 5.73 Å². The van der Waals surface area contributed by atoms with Gasteiger partial charge >= 0.3 is 0 Å². The average Bonchev–Trinajstić information content (AvgIpc) is 2.84. The van der Waals surface area contributed by atoms with Crippen molar-refractivity contribution >= 4 is 5.91 Å². The molecule has 1 aromatic heterocycles. The molecular formula is C12H9F3N2O. The molecule has 0 atom stereocenters. The van der Waals surface area contributed by atoms with Crippen LogP contribution in [0.1, 0.15) is 15.9 Å². The zero-order valence-corrected chi connectivity index (χ0v) is 9.16. The number of rotatable bonds is 2. The third-order valence-corrected chi connectivity index (χ3v) is 2.49. The molecule has 0 aliphatic carbocycles. The smallest absolute Gasteiger partial charge is 0.264 e. The van der Waals surface area contributed by atoms with Crippen LogP contribution in [0.4, 0.5) is 13.2 Å². The molecule has 0 spiro atoms. The highest BCUT2D eigenvalue weighted by Crippen LogP contribution is 2.16. The van der Waals surface area contributed by atoms with Gasteiger partial charge in [-0.3, -0.25) is 9.36 Å². The molecule has 0 unspecified atom stereocenters. The molecule has 1 heterocycles. The summed E-state index contributed by atoms with van der Waals surface area (Å²) >= 11 is 0. The summed E-state index contributed by atoms with van der Waals surface area (Å²) in [6, 6.07) is 3.19. The molecule has 0 bridgehead atoms. The van der Waals surface area contributed by atoms with Crippen LogP contribution in [0.2, 0.25) is 0 Å². The summed E-state index contributed by atoms with van der Waals surface area (Å²) in [6.45, 7) is 0.223. The van der Waals surface area contributed by atoms with Gasteiger partial charge in [-0.2, -0.15) is 0 Å². The summed E-state index contributed by atoms with van der Waals surface area (Å²) in [5.41, 5.74) is 5.51. The minimum absolute atomic E-state index is 0.223. The van der Waals surface area contributed by atoms with Gasteiger partial charge in [-0.15, -0.1) is 0 Å². The number of carbonyl (C=O) groups excluding carboxylic acids is 1. The second-order valence-electron chi connectivity index (χ2n) is 3.66. The molecule has 3 nitrogen and oxygen atoms in total. The zero-order valence-electron chi connectivity index (χ0n) is 9.16.